The third-order valence-corrected chi connectivity index (χ3v) is 4.26. The molecule has 1 aromatic heterocycles. The smallest absolute Gasteiger partial charge is 0.148 e. The van der Waals surface area contributed by atoms with Crippen molar-refractivity contribution < 1.29 is 0 Å². The van der Waals surface area contributed by atoms with Crippen LogP contribution in [-0.2, 0) is 0 Å². The van der Waals surface area contributed by atoms with Crippen LogP contribution in [0.25, 0.3) is 0 Å². The van der Waals surface area contributed by atoms with E-state index in [0.717, 1.165) is 21.1 Å². The summed E-state index contributed by atoms with van der Waals surface area (Å²) in [6.07, 6.45) is 1.55. The summed E-state index contributed by atoms with van der Waals surface area (Å²) in [4.78, 5) is 10.6. The van der Waals surface area contributed by atoms with Crippen molar-refractivity contribution in [3.63, 3.8) is 0 Å². The minimum atomic E-state index is 0.170. The first-order valence-corrected chi connectivity index (χ1v) is 7.38. The van der Waals surface area contributed by atoms with Gasteiger partial charge < -0.3 is 10.2 Å². The van der Waals surface area contributed by atoms with E-state index < -0.39 is 0 Å². The van der Waals surface area contributed by atoms with Gasteiger partial charge in [0, 0.05) is 19.1 Å². The molecule has 1 aromatic carbocycles. The number of aromatic nitrogens is 2. The Morgan fingerprint density at radius 2 is 1.90 bits per heavy atom. The summed E-state index contributed by atoms with van der Waals surface area (Å²) in [6, 6.07) is 8.02. The van der Waals surface area contributed by atoms with Gasteiger partial charge in [-0.15, -0.1) is 0 Å². The minimum absolute atomic E-state index is 0.170. The predicted octanol–water partition coefficient (Wildman–Crippen LogP) is 4.13. The van der Waals surface area contributed by atoms with Crippen molar-refractivity contribution in [1.82, 2.24) is 9.97 Å². The zero-order valence-corrected chi connectivity index (χ0v) is 13.9. The van der Waals surface area contributed by atoms with Gasteiger partial charge in [-0.2, -0.15) is 0 Å². The van der Waals surface area contributed by atoms with Crippen LogP contribution >= 0.6 is 27.5 Å². The molecule has 1 unspecified atom stereocenters. The largest absolute Gasteiger partial charge is 0.372 e. The lowest BCUT2D eigenvalue weighted by molar-refractivity contribution is 0.725. The molecule has 0 radical (unpaired) electrons. The molecule has 0 fully saturated rings. The van der Waals surface area contributed by atoms with Crippen molar-refractivity contribution in [2.45, 2.75) is 13.0 Å². The zero-order chi connectivity index (χ0) is 14.7. The Bertz CT molecular complexity index is 588. The summed E-state index contributed by atoms with van der Waals surface area (Å²) < 4.78 is 0.853. The summed E-state index contributed by atoms with van der Waals surface area (Å²) in [5, 5.41) is 3.77. The van der Waals surface area contributed by atoms with Crippen LogP contribution in [0.4, 0.5) is 11.6 Å². The molecule has 0 aliphatic rings. The molecule has 0 aliphatic carbocycles. The van der Waals surface area contributed by atoms with Crippen molar-refractivity contribution in [2.75, 3.05) is 24.3 Å². The van der Waals surface area contributed by atoms with Gasteiger partial charge in [-0.1, -0.05) is 23.7 Å². The Hall–Kier alpha value is -1.33. The lowest BCUT2D eigenvalue weighted by Crippen LogP contribution is -2.23. The molecule has 106 valence electrons. The summed E-state index contributed by atoms with van der Waals surface area (Å²) >= 11 is 9.47. The SMILES string of the molecule is CNc1ncnc(N(C)C(C)c2ccc(Cl)cc2)c1Br. The van der Waals surface area contributed by atoms with Crippen LogP contribution in [0, 0.1) is 0 Å². The molecule has 2 aromatic rings. The highest BCUT2D eigenvalue weighted by Crippen LogP contribution is 2.33. The molecule has 0 spiro atoms. The molecule has 2 rings (SSSR count). The number of hydrogen-bond donors (Lipinski definition) is 1. The van der Waals surface area contributed by atoms with E-state index in [2.05, 4.69) is 43.0 Å². The molecule has 0 bridgehead atoms. The maximum Gasteiger partial charge on any atom is 0.148 e. The maximum absolute atomic E-state index is 5.93. The van der Waals surface area contributed by atoms with Gasteiger partial charge in [-0.25, -0.2) is 9.97 Å². The van der Waals surface area contributed by atoms with Gasteiger partial charge >= 0.3 is 0 Å². The number of halogens is 2. The first-order chi connectivity index (χ1) is 9.54. The van der Waals surface area contributed by atoms with E-state index in [1.165, 1.54) is 5.56 Å². The van der Waals surface area contributed by atoms with Crippen molar-refractivity contribution in [1.29, 1.82) is 0 Å². The average Bonchev–Trinajstić information content (AvgIpc) is 2.47. The van der Waals surface area contributed by atoms with E-state index in [4.69, 9.17) is 11.6 Å². The van der Waals surface area contributed by atoms with Crippen LogP contribution in [0.1, 0.15) is 18.5 Å². The Kier molecular flexibility index (Phi) is 4.83. The summed E-state index contributed by atoms with van der Waals surface area (Å²) in [5.41, 5.74) is 1.17. The average molecular weight is 356 g/mol. The molecule has 1 atom stereocenters. The molecular weight excluding hydrogens is 340 g/mol. The van der Waals surface area contributed by atoms with E-state index in [1.807, 2.05) is 38.4 Å². The van der Waals surface area contributed by atoms with Crippen LogP contribution in [-0.4, -0.2) is 24.1 Å². The minimum Gasteiger partial charge on any atom is -0.372 e. The Morgan fingerprint density at radius 3 is 2.50 bits per heavy atom. The number of nitrogens with one attached hydrogen (secondary N) is 1. The monoisotopic (exact) mass is 354 g/mol. The van der Waals surface area contributed by atoms with Crippen LogP contribution in [0.15, 0.2) is 35.1 Å². The fourth-order valence-electron chi connectivity index (χ4n) is 1.93. The van der Waals surface area contributed by atoms with Crippen molar-refractivity contribution >= 4 is 39.2 Å². The molecule has 1 heterocycles. The lowest BCUT2D eigenvalue weighted by atomic mass is 10.1. The van der Waals surface area contributed by atoms with Crippen molar-refractivity contribution in [3.05, 3.63) is 45.7 Å². The van der Waals surface area contributed by atoms with E-state index in [0.29, 0.717) is 0 Å². The second-order valence-corrected chi connectivity index (χ2v) is 5.68. The number of anilines is 2. The second kappa shape index (κ2) is 6.41. The van der Waals surface area contributed by atoms with Crippen LogP contribution in [0.2, 0.25) is 5.02 Å². The fraction of sp³-hybridized carbons (Fsp3) is 0.286. The molecule has 0 saturated heterocycles. The molecule has 4 nitrogen and oxygen atoms in total. The Labute approximate surface area is 132 Å². The first kappa shape index (κ1) is 15.1. The summed E-state index contributed by atoms with van der Waals surface area (Å²) in [6.45, 7) is 2.12. The molecular formula is C14H16BrClN4. The zero-order valence-electron chi connectivity index (χ0n) is 11.6. The molecule has 1 N–H and O–H groups in total. The van der Waals surface area contributed by atoms with Crippen LogP contribution in [0.3, 0.4) is 0 Å². The third kappa shape index (κ3) is 3.04. The molecule has 20 heavy (non-hydrogen) atoms. The number of benzene rings is 1. The fourth-order valence-corrected chi connectivity index (χ4v) is 2.74. The van der Waals surface area contributed by atoms with Gasteiger partial charge in [0.15, 0.2) is 0 Å². The number of rotatable bonds is 4. The summed E-state index contributed by atoms with van der Waals surface area (Å²) in [7, 11) is 3.84. The molecule has 6 heteroatoms. The molecule has 0 saturated carbocycles. The van der Waals surface area contributed by atoms with Gasteiger partial charge in [0.1, 0.15) is 22.4 Å². The highest BCUT2D eigenvalue weighted by Gasteiger charge is 2.18. The lowest BCUT2D eigenvalue weighted by Gasteiger charge is -2.27. The van der Waals surface area contributed by atoms with Gasteiger partial charge in [0.05, 0.1) is 6.04 Å². The standard InChI is InChI=1S/C14H16BrClN4/c1-9(10-4-6-11(16)7-5-10)20(3)14-12(15)13(17-2)18-8-19-14/h4-9H,1-3H3,(H,17,18,19). The van der Waals surface area contributed by atoms with Crippen molar-refractivity contribution in [3.8, 4) is 0 Å². The van der Waals surface area contributed by atoms with E-state index >= 15 is 0 Å². The van der Waals surface area contributed by atoms with Gasteiger partial charge in [-0.3, -0.25) is 0 Å². The van der Waals surface area contributed by atoms with Crippen LogP contribution < -0.4 is 10.2 Å². The highest BCUT2D eigenvalue weighted by molar-refractivity contribution is 9.10. The predicted molar refractivity (Wildman–Crippen MR) is 87.5 cm³/mol. The van der Waals surface area contributed by atoms with E-state index in [1.54, 1.807) is 6.33 Å². The first-order valence-electron chi connectivity index (χ1n) is 6.21. The maximum atomic E-state index is 5.93. The van der Waals surface area contributed by atoms with E-state index in [-0.39, 0.29) is 6.04 Å². The van der Waals surface area contributed by atoms with Gasteiger partial charge in [0.2, 0.25) is 0 Å². The molecule has 0 aliphatic heterocycles. The normalized spacial score (nSPS) is 12.1. The Balaban J connectivity index is 2.31. The highest BCUT2D eigenvalue weighted by atomic mass is 79.9. The quantitative estimate of drug-likeness (QED) is 0.895. The Morgan fingerprint density at radius 1 is 1.25 bits per heavy atom. The number of hydrogen-bond acceptors (Lipinski definition) is 4. The van der Waals surface area contributed by atoms with E-state index in [9.17, 15) is 0 Å². The van der Waals surface area contributed by atoms with Gasteiger partial charge in [-0.05, 0) is 40.5 Å². The van der Waals surface area contributed by atoms with Crippen molar-refractivity contribution in [2.24, 2.45) is 0 Å². The second-order valence-electron chi connectivity index (χ2n) is 4.45. The number of nitrogens with zero attached hydrogens (tertiary/aromatic N) is 3. The topological polar surface area (TPSA) is 41.1 Å². The third-order valence-electron chi connectivity index (χ3n) is 3.28. The van der Waals surface area contributed by atoms with Crippen LogP contribution in [0.5, 0.6) is 0 Å². The van der Waals surface area contributed by atoms with Gasteiger partial charge in [0.25, 0.3) is 0 Å². The summed E-state index contributed by atoms with van der Waals surface area (Å²) in [5.74, 6) is 1.61. The molecule has 0 amide bonds.